The number of hydrogen-bond donors (Lipinski definition) is 0. The second-order valence-corrected chi connectivity index (χ2v) is 8.22. The number of hydrogen-bond acceptors (Lipinski definition) is 6. The van der Waals surface area contributed by atoms with Crippen LogP contribution in [0.25, 0.3) is 22.2 Å². The number of pyridine rings is 3. The van der Waals surface area contributed by atoms with Gasteiger partial charge in [0.25, 0.3) is 0 Å². The molecular weight excluding hydrogens is 398 g/mol. The van der Waals surface area contributed by atoms with E-state index in [1.165, 1.54) is 0 Å². The van der Waals surface area contributed by atoms with Crippen molar-refractivity contribution in [3.8, 4) is 11.3 Å². The highest BCUT2D eigenvalue weighted by molar-refractivity contribution is 5.98. The standard InChI is InChI=1S/C26H25N5O/c1-30-11-13-31(14-12-30)26-15-20(9-10-27-26)25(32)17-22-16-24-21(18-28-22)7-8-23(29-24)19-5-3-2-4-6-19/h2-10,15-16,18H,11-14,17H2,1H3. The van der Waals surface area contributed by atoms with Crippen LogP contribution in [0, 0.1) is 0 Å². The zero-order valence-electron chi connectivity index (χ0n) is 18.1. The minimum Gasteiger partial charge on any atom is -0.354 e. The molecule has 3 aromatic heterocycles. The molecule has 32 heavy (non-hydrogen) atoms. The molecule has 1 aliphatic rings. The molecule has 0 unspecified atom stereocenters. The van der Waals surface area contributed by atoms with Crippen molar-refractivity contribution in [1.82, 2.24) is 19.9 Å². The third-order valence-electron chi connectivity index (χ3n) is 5.94. The van der Waals surface area contributed by atoms with Crippen LogP contribution in [-0.2, 0) is 6.42 Å². The third-order valence-corrected chi connectivity index (χ3v) is 5.94. The van der Waals surface area contributed by atoms with E-state index >= 15 is 0 Å². The molecule has 0 radical (unpaired) electrons. The van der Waals surface area contributed by atoms with Crippen molar-refractivity contribution in [1.29, 1.82) is 0 Å². The second-order valence-electron chi connectivity index (χ2n) is 8.22. The van der Waals surface area contributed by atoms with E-state index < -0.39 is 0 Å². The van der Waals surface area contributed by atoms with Crippen molar-refractivity contribution in [2.45, 2.75) is 6.42 Å². The predicted octanol–water partition coefficient (Wildman–Crippen LogP) is 3.87. The molecule has 0 saturated carbocycles. The van der Waals surface area contributed by atoms with Gasteiger partial charge in [-0.25, -0.2) is 9.97 Å². The highest BCUT2D eigenvalue weighted by Gasteiger charge is 2.17. The Labute approximate surface area is 187 Å². The van der Waals surface area contributed by atoms with Crippen molar-refractivity contribution < 1.29 is 4.79 Å². The van der Waals surface area contributed by atoms with Crippen LogP contribution in [0.3, 0.4) is 0 Å². The van der Waals surface area contributed by atoms with E-state index in [1.54, 1.807) is 18.5 Å². The third kappa shape index (κ3) is 4.36. The maximum Gasteiger partial charge on any atom is 0.169 e. The van der Waals surface area contributed by atoms with Gasteiger partial charge in [-0.3, -0.25) is 9.78 Å². The van der Waals surface area contributed by atoms with Gasteiger partial charge in [-0.1, -0.05) is 30.3 Å². The summed E-state index contributed by atoms with van der Waals surface area (Å²) in [5.41, 5.74) is 4.21. The van der Waals surface area contributed by atoms with Gasteiger partial charge in [-0.15, -0.1) is 0 Å². The van der Waals surface area contributed by atoms with Crippen LogP contribution >= 0.6 is 0 Å². The molecule has 0 bridgehead atoms. The number of carbonyl (C=O) groups is 1. The van der Waals surface area contributed by atoms with Crippen LogP contribution in [0.4, 0.5) is 5.82 Å². The zero-order chi connectivity index (χ0) is 21.9. The normalized spacial score (nSPS) is 14.6. The topological polar surface area (TPSA) is 62.2 Å². The van der Waals surface area contributed by atoms with Crippen LogP contribution in [-0.4, -0.2) is 58.9 Å². The minimum atomic E-state index is 0.0360. The van der Waals surface area contributed by atoms with Gasteiger partial charge < -0.3 is 9.80 Å². The lowest BCUT2D eigenvalue weighted by Gasteiger charge is -2.33. The summed E-state index contributed by atoms with van der Waals surface area (Å²) in [7, 11) is 2.12. The van der Waals surface area contributed by atoms with Crippen molar-refractivity contribution in [3.05, 3.63) is 84.3 Å². The fourth-order valence-corrected chi connectivity index (χ4v) is 3.99. The van der Waals surface area contributed by atoms with E-state index in [1.807, 2.05) is 54.6 Å². The fraction of sp³-hybridized carbons (Fsp3) is 0.231. The van der Waals surface area contributed by atoms with E-state index in [0.29, 0.717) is 5.56 Å². The molecule has 1 aliphatic heterocycles. The van der Waals surface area contributed by atoms with Gasteiger partial charge in [0.2, 0.25) is 0 Å². The molecule has 1 aromatic carbocycles. The summed E-state index contributed by atoms with van der Waals surface area (Å²) in [6.45, 7) is 3.84. The highest BCUT2D eigenvalue weighted by Crippen LogP contribution is 2.22. The van der Waals surface area contributed by atoms with Crippen LogP contribution in [0.1, 0.15) is 16.1 Å². The Bertz CT molecular complexity index is 1250. The molecule has 160 valence electrons. The predicted molar refractivity (Wildman–Crippen MR) is 127 cm³/mol. The molecule has 1 fully saturated rings. The Morgan fingerprint density at radius 3 is 2.56 bits per heavy atom. The number of rotatable bonds is 5. The van der Waals surface area contributed by atoms with Gasteiger partial charge in [0.15, 0.2) is 5.78 Å². The summed E-state index contributed by atoms with van der Waals surface area (Å²) in [5.74, 6) is 0.901. The van der Waals surface area contributed by atoms with Gasteiger partial charge >= 0.3 is 0 Å². The zero-order valence-corrected chi connectivity index (χ0v) is 18.1. The monoisotopic (exact) mass is 423 g/mol. The fourth-order valence-electron chi connectivity index (χ4n) is 3.99. The van der Waals surface area contributed by atoms with Crippen molar-refractivity contribution in [2.24, 2.45) is 0 Å². The summed E-state index contributed by atoms with van der Waals surface area (Å²) < 4.78 is 0. The lowest BCUT2D eigenvalue weighted by atomic mass is 10.1. The number of ketones is 1. The number of likely N-dealkylation sites (N-methyl/N-ethyl adjacent to an activating group) is 1. The second kappa shape index (κ2) is 8.85. The number of carbonyl (C=O) groups excluding carboxylic acids is 1. The molecule has 1 saturated heterocycles. The molecule has 0 N–H and O–H groups in total. The molecule has 0 amide bonds. The van der Waals surface area contributed by atoms with Gasteiger partial charge in [-0.2, -0.15) is 0 Å². The number of anilines is 1. The van der Waals surface area contributed by atoms with E-state index in [9.17, 15) is 4.79 Å². The van der Waals surface area contributed by atoms with E-state index in [4.69, 9.17) is 4.98 Å². The van der Waals surface area contributed by atoms with Crippen LogP contribution in [0.5, 0.6) is 0 Å². The maximum atomic E-state index is 13.0. The van der Waals surface area contributed by atoms with Crippen molar-refractivity contribution >= 4 is 22.5 Å². The number of aromatic nitrogens is 3. The van der Waals surface area contributed by atoms with Crippen molar-refractivity contribution in [3.63, 3.8) is 0 Å². The van der Waals surface area contributed by atoms with Crippen LogP contribution in [0.2, 0.25) is 0 Å². The van der Waals surface area contributed by atoms with E-state index in [-0.39, 0.29) is 12.2 Å². The summed E-state index contributed by atoms with van der Waals surface area (Å²) in [4.78, 5) is 31.3. The quantitative estimate of drug-likeness (QED) is 0.454. The Kier molecular flexibility index (Phi) is 5.60. The maximum absolute atomic E-state index is 13.0. The number of benzene rings is 1. The highest BCUT2D eigenvalue weighted by atomic mass is 16.1. The smallest absolute Gasteiger partial charge is 0.169 e. The van der Waals surface area contributed by atoms with Gasteiger partial charge in [-0.05, 0) is 37.4 Å². The molecule has 0 spiro atoms. The molecule has 4 aromatic rings. The molecule has 6 nitrogen and oxygen atoms in total. The van der Waals surface area contributed by atoms with Gasteiger partial charge in [0.05, 0.1) is 23.3 Å². The number of piperazine rings is 1. The molecule has 0 atom stereocenters. The minimum absolute atomic E-state index is 0.0360. The van der Waals surface area contributed by atoms with Crippen LogP contribution in [0.15, 0.2) is 73.1 Å². The Morgan fingerprint density at radius 2 is 1.75 bits per heavy atom. The lowest BCUT2D eigenvalue weighted by Crippen LogP contribution is -2.44. The first-order valence-corrected chi connectivity index (χ1v) is 10.9. The number of Topliss-reactive ketones (excluding diaryl/α,β-unsaturated/α-hetero) is 1. The van der Waals surface area contributed by atoms with Gasteiger partial charge in [0.1, 0.15) is 5.82 Å². The molecule has 6 heteroatoms. The number of nitrogens with zero attached hydrogens (tertiary/aromatic N) is 5. The van der Waals surface area contributed by atoms with E-state index in [2.05, 4.69) is 26.8 Å². The number of fused-ring (bicyclic) bond motifs is 1. The Morgan fingerprint density at radius 1 is 0.938 bits per heavy atom. The summed E-state index contributed by atoms with van der Waals surface area (Å²) >= 11 is 0. The molecule has 0 aliphatic carbocycles. The Hall–Kier alpha value is -3.64. The average molecular weight is 424 g/mol. The van der Waals surface area contributed by atoms with E-state index in [0.717, 1.165) is 59.9 Å². The molecule has 5 rings (SSSR count). The first kappa shape index (κ1) is 20.3. The first-order valence-electron chi connectivity index (χ1n) is 10.9. The SMILES string of the molecule is CN1CCN(c2cc(C(=O)Cc3cc4nc(-c5ccccc5)ccc4cn3)ccn2)CC1. The largest absolute Gasteiger partial charge is 0.354 e. The first-order chi connectivity index (χ1) is 15.7. The average Bonchev–Trinajstić information content (AvgIpc) is 2.84. The van der Waals surface area contributed by atoms with Crippen LogP contribution < -0.4 is 4.90 Å². The lowest BCUT2D eigenvalue weighted by molar-refractivity contribution is 0.0992. The summed E-state index contributed by atoms with van der Waals surface area (Å²) in [6.07, 6.45) is 3.75. The molecular formula is C26H25N5O. The summed E-state index contributed by atoms with van der Waals surface area (Å²) in [6, 6.07) is 19.7. The van der Waals surface area contributed by atoms with Crippen molar-refractivity contribution in [2.75, 3.05) is 38.1 Å². The summed E-state index contributed by atoms with van der Waals surface area (Å²) in [5, 5.41) is 0.960. The molecule has 4 heterocycles. The van der Waals surface area contributed by atoms with Gasteiger partial charge in [0, 0.05) is 55.1 Å². The Balaban J connectivity index is 1.36.